The topological polar surface area (TPSA) is 107 Å². The summed E-state index contributed by atoms with van der Waals surface area (Å²) in [5.74, 6) is 8.43. The van der Waals surface area contributed by atoms with E-state index in [1.54, 1.807) is 35.0 Å². The van der Waals surface area contributed by atoms with Gasteiger partial charge in [-0.2, -0.15) is 5.10 Å². The van der Waals surface area contributed by atoms with E-state index in [0.717, 1.165) is 64.3 Å². The number of hydrogen-bond acceptors (Lipinski definition) is 7. The number of carbonyl (C=O) groups is 1. The van der Waals surface area contributed by atoms with Gasteiger partial charge in [0.2, 0.25) is 0 Å². The first-order chi connectivity index (χ1) is 19.8. The number of imidazole rings is 1. The number of pyridine rings is 1. The normalized spacial score (nSPS) is 16.2. The Labute approximate surface area is 241 Å². The molecule has 0 saturated heterocycles. The van der Waals surface area contributed by atoms with Crippen molar-refractivity contribution in [3.8, 4) is 17.6 Å². The summed E-state index contributed by atoms with van der Waals surface area (Å²) in [5.41, 5.74) is 10.6. The van der Waals surface area contributed by atoms with Gasteiger partial charge in [-0.05, 0) is 37.2 Å². The zero-order chi connectivity index (χ0) is 28.4. The quantitative estimate of drug-likeness (QED) is 0.325. The van der Waals surface area contributed by atoms with Crippen LogP contribution in [0.3, 0.4) is 0 Å². The Kier molecular flexibility index (Phi) is 5.89. The van der Waals surface area contributed by atoms with Gasteiger partial charge in [-0.15, -0.1) is 0 Å². The standard InChI is InChI=1S/C30H27ClN8O2/c1-36-8-9-39-18(13-33-27(39)15-36)6-4-17-5-7-19-25(16-41-26(19)10-17)37(2)30(40)20-11-21-24(12-23(20)31)35-29(32)22-14-34-38(3)28(21)22/h5,7,10-14,25H,8-9,15-16H2,1-3H3,(H2,32,35)/t25-/m1/s1. The molecule has 1 atom stereocenters. The Morgan fingerprint density at radius 2 is 2.00 bits per heavy atom. The van der Waals surface area contributed by atoms with Crippen molar-refractivity contribution in [2.24, 2.45) is 7.05 Å². The van der Waals surface area contributed by atoms with Crippen molar-refractivity contribution in [2.75, 3.05) is 33.0 Å². The molecule has 10 nitrogen and oxygen atoms in total. The number of fused-ring (bicyclic) bond motifs is 5. The van der Waals surface area contributed by atoms with Crippen LogP contribution in [0.5, 0.6) is 5.75 Å². The van der Waals surface area contributed by atoms with Gasteiger partial charge in [0, 0.05) is 43.7 Å². The van der Waals surface area contributed by atoms with Crippen LogP contribution in [0, 0.1) is 11.8 Å². The summed E-state index contributed by atoms with van der Waals surface area (Å²) in [6.07, 6.45) is 3.51. The molecular weight excluding hydrogens is 540 g/mol. The van der Waals surface area contributed by atoms with Crippen LogP contribution in [0.2, 0.25) is 5.02 Å². The Balaban J connectivity index is 1.16. The molecule has 0 unspecified atom stereocenters. The minimum Gasteiger partial charge on any atom is -0.491 e. The van der Waals surface area contributed by atoms with Gasteiger partial charge < -0.3 is 19.9 Å². The summed E-state index contributed by atoms with van der Waals surface area (Å²) in [6.45, 7) is 3.02. The molecule has 0 saturated carbocycles. The molecule has 0 fully saturated rings. The number of halogens is 1. The molecule has 1 amide bonds. The van der Waals surface area contributed by atoms with E-state index in [1.807, 2.05) is 31.4 Å². The second kappa shape index (κ2) is 9.51. The van der Waals surface area contributed by atoms with E-state index < -0.39 is 0 Å². The molecule has 206 valence electrons. The molecule has 11 heteroatoms. The van der Waals surface area contributed by atoms with Gasteiger partial charge >= 0.3 is 0 Å². The maximum Gasteiger partial charge on any atom is 0.255 e. The fraction of sp³-hybridized carbons (Fsp3) is 0.267. The summed E-state index contributed by atoms with van der Waals surface area (Å²) in [6, 6.07) is 9.06. The lowest BCUT2D eigenvalue weighted by molar-refractivity contribution is 0.0709. The lowest BCUT2D eigenvalue weighted by Gasteiger charge is -2.24. The first-order valence-electron chi connectivity index (χ1n) is 13.3. The number of aryl methyl sites for hydroxylation is 1. The monoisotopic (exact) mass is 566 g/mol. The van der Waals surface area contributed by atoms with Crippen LogP contribution in [0.15, 0.2) is 42.7 Å². The average molecular weight is 567 g/mol. The molecule has 0 bridgehead atoms. The first-order valence-corrected chi connectivity index (χ1v) is 13.7. The van der Waals surface area contributed by atoms with Crippen LogP contribution in [0.25, 0.3) is 21.8 Å². The Morgan fingerprint density at radius 1 is 1.15 bits per heavy atom. The Hall–Kier alpha value is -4.59. The van der Waals surface area contributed by atoms with Crippen molar-refractivity contribution in [1.82, 2.24) is 34.1 Å². The number of hydrogen-bond donors (Lipinski definition) is 1. The van der Waals surface area contributed by atoms with Crippen molar-refractivity contribution < 1.29 is 9.53 Å². The predicted molar refractivity (Wildman–Crippen MR) is 157 cm³/mol. The third-order valence-corrected chi connectivity index (χ3v) is 8.29. The molecule has 2 aromatic carbocycles. The number of nitrogens with zero attached hydrogens (tertiary/aromatic N) is 7. The molecule has 0 aliphatic carbocycles. The highest BCUT2D eigenvalue weighted by atomic mass is 35.5. The molecule has 5 aromatic rings. The summed E-state index contributed by atoms with van der Waals surface area (Å²) in [5, 5.41) is 6.11. The highest BCUT2D eigenvalue weighted by Gasteiger charge is 2.32. The molecule has 2 aliphatic rings. The largest absolute Gasteiger partial charge is 0.491 e. The SMILES string of the molecule is CN1CCn2c(C#Cc3ccc4c(c3)OC[C@H]4N(C)C(=O)c3cc4c(cc3Cl)nc(N)c3cnn(C)c34)cnc2C1. The molecule has 3 aromatic heterocycles. The van der Waals surface area contributed by atoms with Crippen molar-refractivity contribution in [3.05, 3.63) is 76.0 Å². The van der Waals surface area contributed by atoms with Gasteiger partial charge in [0.15, 0.2) is 0 Å². The fourth-order valence-electron chi connectivity index (χ4n) is 5.68. The molecular formula is C30H27ClN8O2. The lowest BCUT2D eigenvalue weighted by Crippen LogP contribution is -2.32. The molecule has 41 heavy (non-hydrogen) atoms. The fourth-order valence-corrected chi connectivity index (χ4v) is 5.92. The van der Waals surface area contributed by atoms with Crippen LogP contribution in [0.1, 0.15) is 39.0 Å². The van der Waals surface area contributed by atoms with Crippen LogP contribution >= 0.6 is 11.6 Å². The van der Waals surface area contributed by atoms with E-state index in [4.69, 9.17) is 22.1 Å². The second-order valence-corrected chi connectivity index (χ2v) is 11.0. The van der Waals surface area contributed by atoms with Crippen molar-refractivity contribution in [3.63, 3.8) is 0 Å². The van der Waals surface area contributed by atoms with E-state index >= 15 is 0 Å². The third kappa shape index (κ3) is 4.17. The minimum absolute atomic E-state index is 0.217. The number of amides is 1. The molecule has 0 spiro atoms. The van der Waals surface area contributed by atoms with Crippen LogP contribution in [0.4, 0.5) is 5.82 Å². The number of likely N-dealkylation sites (N-methyl/N-ethyl adjacent to an activating group) is 2. The molecule has 5 heterocycles. The van der Waals surface area contributed by atoms with E-state index in [9.17, 15) is 4.79 Å². The van der Waals surface area contributed by atoms with Gasteiger partial charge in [0.1, 0.15) is 29.7 Å². The van der Waals surface area contributed by atoms with Gasteiger partial charge in [-0.1, -0.05) is 23.6 Å². The maximum atomic E-state index is 13.8. The molecule has 7 rings (SSSR count). The lowest BCUT2D eigenvalue weighted by atomic mass is 10.0. The van der Waals surface area contributed by atoms with E-state index in [-0.39, 0.29) is 11.9 Å². The summed E-state index contributed by atoms with van der Waals surface area (Å²) < 4.78 is 9.92. The number of nitrogen functional groups attached to an aromatic ring is 1. The first kappa shape index (κ1) is 25.4. The number of rotatable bonds is 2. The predicted octanol–water partition coefficient (Wildman–Crippen LogP) is 3.60. The summed E-state index contributed by atoms with van der Waals surface area (Å²) in [7, 11) is 5.69. The number of anilines is 1. The van der Waals surface area contributed by atoms with Gasteiger partial charge in [-0.25, -0.2) is 9.97 Å². The number of nitrogens with two attached hydrogens (primary N) is 1. The van der Waals surface area contributed by atoms with Gasteiger partial charge in [-0.3, -0.25) is 14.4 Å². The van der Waals surface area contributed by atoms with E-state index in [1.165, 1.54) is 0 Å². The minimum atomic E-state index is -0.272. The highest BCUT2D eigenvalue weighted by Crippen LogP contribution is 2.38. The molecule has 0 radical (unpaired) electrons. The van der Waals surface area contributed by atoms with Gasteiger partial charge in [0.05, 0.1) is 52.0 Å². The number of benzene rings is 2. The van der Waals surface area contributed by atoms with Crippen molar-refractivity contribution in [2.45, 2.75) is 19.1 Å². The summed E-state index contributed by atoms with van der Waals surface area (Å²) in [4.78, 5) is 26.7. The Morgan fingerprint density at radius 3 is 2.85 bits per heavy atom. The number of ether oxygens (including phenoxy) is 1. The van der Waals surface area contributed by atoms with Crippen LogP contribution < -0.4 is 10.5 Å². The Bertz CT molecular complexity index is 1950. The van der Waals surface area contributed by atoms with Crippen molar-refractivity contribution >= 4 is 45.1 Å². The molecule has 2 N–H and O–H groups in total. The van der Waals surface area contributed by atoms with Crippen LogP contribution in [-0.2, 0) is 20.1 Å². The zero-order valence-electron chi connectivity index (χ0n) is 22.8. The zero-order valence-corrected chi connectivity index (χ0v) is 23.6. The van der Waals surface area contributed by atoms with Crippen molar-refractivity contribution in [1.29, 1.82) is 0 Å². The smallest absolute Gasteiger partial charge is 0.255 e. The number of aromatic nitrogens is 5. The van der Waals surface area contributed by atoms with E-state index in [0.29, 0.717) is 28.5 Å². The second-order valence-electron chi connectivity index (χ2n) is 10.6. The average Bonchev–Trinajstić information content (AvgIpc) is 3.67. The van der Waals surface area contributed by atoms with Crippen LogP contribution in [-0.4, -0.2) is 67.3 Å². The summed E-state index contributed by atoms with van der Waals surface area (Å²) >= 11 is 6.61. The third-order valence-electron chi connectivity index (χ3n) is 7.97. The highest BCUT2D eigenvalue weighted by molar-refractivity contribution is 6.35. The maximum absolute atomic E-state index is 13.8. The van der Waals surface area contributed by atoms with Gasteiger partial charge in [0.25, 0.3) is 5.91 Å². The van der Waals surface area contributed by atoms with E-state index in [2.05, 4.69) is 43.4 Å². The molecule has 2 aliphatic heterocycles. The number of carbonyl (C=O) groups excluding carboxylic acids is 1.